The fourth-order valence-corrected chi connectivity index (χ4v) is 1.55. The molecule has 2 rings (SSSR count). The van der Waals surface area contributed by atoms with Gasteiger partial charge in [-0.05, 0) is 34.1 Å². The largest absolute Gasteiger partial charge is 0.467 e. The van der Waals surface area contributed by atoms with Crippen LogP contribution in [-0.4, -0.2) is 29.2 Å². The normalized spacial score (nSPS) is 10.1. The molecular formula is C11H9BrFN3O3. The molecule has 0 aliphatic heterocycles. The predicted molar refractivity (Wildman–Crippen MR) is 67.1 cm³/mol. The number of nitrogens with zero attached hydrogens (tertiary/aromatic N) is 3. The number of rotatable bonds is 4. The van der Waals surface area contributed by atoms with E-state index in [0.29, 0.717) is 5.75 Å². The number of benzene rings is 1. The maximum absolute atomic E-state index is 13.1. The highest BCUT2D eigenvalue weighted by Crippen LogP contribution is 2.25. The molecule has 1 aromatic heterocycles. The summed E-state index contributed by atoms with van der Waals surface area (Å²) in [5.74, 6) is -0.0262. The fraction of sp³-hybridized carbons (Fsp3) is 0.182. The first-order chi connectivity index (χ1) is 9.12. The summed E-state index contributed by atoms with van der Waals surface area (Å²) in [6.45, 7) is 0. The van der Waals surface area contributed by atoms with Crippen molar-refractivity contribution in [3.05, 3.63) is 28.5 Å². The van der Waals surface area contributed by atoms with Gasteiger partial charge in [-0.2, -0.15) is 0 Å². The zero-order chi connectivity index (χ0) is 13.8. The van der Waals surface area contributed by atoms with Gasteiger partial charge in [0, 0.05) is 0 Å². The van der Waals surface area contributed by atoms with E-state index < -0.39 is 5.82 Å². The van der Waals surface area contributed by atoms with Crippen LogP contribution in [-0.2, 0) is 0 Å². The number of hydrogen-bond acceptors (Lipinski definition) is 6. The van der Waals surface area contributed by atoms with Crippen molar-refractivity contribution >= 4 is 15.9 Å². The third-order valence-corrected chi connectivity index (χ3v) is 2.65. The van der Waals surface area contributed by atoms with E-state index in [2.05, 4.69) is 30.9 Å². The fourth-order valence-electron chi connectivity index (χ4n) is 1.19. The van der Waals surface area contributed by atoms with Gasteiger partial charge in [0.25, 0.3) is 0 Å². The van der Waals surface area contributed by atoms with E-state index in [-0.39, 0.29) is 22.5 Å². The summed E-state index contributed by atoms with van der Waals surface area (Å²) in [7, 11) is 2.82. The van der Waals surface area contributed by atoms with Crippen molar-refractivity contribution in [1.29, 1.82) is 0 Å². The second-order valence-electron chi connectivity index (χ2n) is 3.27. The average molecular weight is 330 g/mol. The molecule has 0 bridgehead atoms. The molecule has 0 saturated heterocycles. The van der Waals surface area contributed by atoms with Crippen molar-refractivity contribution in [3.63, 3.8) is 0 Å². The highest BCUT2D eigenvalue weighted by molar-refractivity contribution is 9.10. The van der Waals surface area contributed by atoms with Gasteiger partial charge >= 0.3 is 18.0 Å². The first kappa shape index (κ1) is 13.5. The second-order valence-corrected chi connectivity index (χ2v) is 4.12. The number of aromatic nitrogens is 3. The zero-order valence-electron chi connectivity index (χ0n) is 10.1. The first-order valence-electron chi connectivity index (χ1n) is 5.09. The van der Waals surface area contributed by atoms with E-state index in [1.807, 2.05) is 0 Å². The van der Waals surface area contributed by atoms with Crippen LogP contribution >= 0.6 is 15.9 Å². The first-order valence-corrected chi connectivity index (χ1v) is 5.88. The van der Waals surface area contributed by atoms with Gasteiger partial charge in [0.2, 0.25) is 0 Å². The van der Waals surface area contributed by atoms with Gasteiger partial charge in [0.05, 0.1) is 18.7 Å². The zero-order valence-corrected chi connectivity index (χ0v) is 11.6. The van der Waals surface area contributed by atoms with Gasteiger partial charge < -0.3 is 14.2 Å². The van der Waals surface area contributed by atoms with E-state index >= 15 is 0 Å². The Kier molecular flexibility index (Phi) is 4.10. The molecule has 0 aliphatic rings. The maximum Gasteiger partial charge on any atom is 0.331 e. The minimum atomic E-state index is -0.391. The van der Waals surface area contributed by atoms with E-state index in [1.54, 1.807) is 0 Å². The molecule has 19 heavy (non-hydrogen) atoms. The second kappa shape index (κ2) is 5.79. The Bertz CT molecular complexity index is 575. The van der Waals surface area contributed by atoms with Crippen molar-refractivity contribution in [2.24, 2.45) is 0 Å². The highest BCUT2D eigenvalue weighted by atomic mass is 79.9. The van der Waals surface area contributed by atoms with Crippen LogP contribution in [0.5, 0.6) is 23.8 Å². The van der Waals surface area contributed by atoms with Gasteiger partial charge in [0.1, 0.15) is 11.6 Å². The van der Waals surface area contributed by atoms with Crippen molar-refractivity contribution < 1.29 is 18.6 Å². The number of hydrogen-bond donors (Lipinski definition) is 0. The lowest BCUT2D eigenvalue weighted by Crippen LogP contribution is -2.01. The molecule has 0 amide bonds. The Morgan fingerprint density at radius 1 is 1.00 bits per heavy atom. The molecule has 2 aromatic rings. The maximum atomic E-state index is 13.1. The molecule has 100 valence electrons. The number of methoxy groups -OCH3 is 2. The topological polar surface area (TPSA) is 66.4 Å². The van der Waals surface area contributed by atoms with E-state index in [1.165, 1.54) is 32.4 Å². The standard InChI is InChI=1S/C11H9BrFN3O3/c1-17-9-14-10(18-2)16-11(15-9)19-6-3-4-8(13)7(12)5-6/h3-5H,1-2H3. The lowest BCUT2D eigenvalue weighted by atomic mass is 10.3. The lowest BCUT2D eigenvalue weighted by molar-refractivity contribution is 0.320. The summed E-state index contributed by atoms with van der Waals surface area (Å²) in [5, 5.41) is 0. The van der Waals surface area contributed by atoms with E-state index in [4.69, 9.17) is 14.2 Å². The Hall–Kier alpha value is -1.96. The summed E-state index contributed by atoms with van der Waals surface area (Å²) < 4.78 is 28.5. The van der Waals surface area contributed by atoms with E-state index in [9.17, 15) is 4.39 Å². The van der Waals surface area contributed by atoms with Crippen LogP contribution in [0, 0.1) is 5.82 Å². The molecule has 1 aromatic carbocycles. The Labute approximate surface area is 116 Å². The third-order valence-electron chi connectivity index (χ3n) is 2.04. The predicted octanol–water partition coefficient (Wildman–Crippen LogP) is 2.58. The molecule has 6 nitrogen and oxygen atoms in total. The molecule has 0 spiro atoms. The van der Waals surface area contributed by atoms with Crippen molar-refractivity contribution in [1.82, 2.24) is 15.0 Å². The van der Waals surface area contributed by atoms with Gasteiger partial charge in [-0.3, -0.25) is 0 Å². The molecule has 0 atom stereocenters. The molecule has 1 heterocycles. The van der Waals surface area contributed by atoms with Gasteiger partial charge in [0.15, 0.2) is 0 Å². The van der Waals surface area contributed by atoms with Crippen molar-refractivity contribution in [2.45, 2.75) is 0 Å². The van der Waals surface area contributed by atoms with Crippen molar-refractivity contribution in [2.75, 3.05) is 14.2 Å². The lowest BCUT2D eigenvalue weighted by Gasteiger charge is -2.06. The summed E-state index contributed by atoms with van der Waals surface area (Å²) in [4.78, 5) is 11.6. The third kappa shape index (κ3) is 3.28. The van der Waals surface area contributed by atoms with Gasteiger partial charge in [-0.25, -0.2) is 4.39 Å². The monoisotopic (exact) mass is 329 g/mol. The quantitative estimate of drug-likeness (QED) is 0.858. The van der Waals surface area contributed by atoms with Crippen LogP contribution in [0.4, 0.5) is 4.39 Å². The van der Waals surface area contributed by atoms with Crippen LogP contribution in [0.2, 0.25) is 0 Å². The summed E-state index contributed by atoms with van der Waals surface area (Å²) in [6, 6.07) is 4.27. The molecule has 0 radical (unpaired) electrons. The Balaban J connectivity index is 2.29. The van der Waals surface area contributed by atoms with Gasteiger partial charge in [-0.15, -0.1) is 15.0 Å². The smallest absolute Gasteiger partial charge is 0.331 e. The van der Waals surface area contributed by atoms with Gasteiger partial charge in [-0.1, -0.05) is 0 Å². The summed E-state index contributed by atoms with van der Waals surface area (Å²) >= 11 is 3.06. The van der Waals surface area contributed by atoms with Crippen molar-refractivity contribution in [3.8, 4) is 23.8 Å². The summed E-state index contributed by atoms with van der Waals surface area (Å²) in [5.41, 5.74) is 0. The summed E-state index contributed by atoms with van der Waals surface area (Å²) in [6.07, 6.45) is 0. The molecule has 0 fully saturated rings. The molecule has 0 N–H and O–H groups in total. The number of ether oxygens (including phenoxy) is 3. The number of halogens is 2. The molecule has 0 unspecified atom stereocenters. The van der Waals surface area contributed by atoms with Crippen LogP contribution in [0.15, 0.2) is 22.7 Å². The van der Waals surface area contributed by atoms with Crippen LogP contribution < -0.4 is 14.2 Å². The molecule has 8 heteroatoms. The van der Waals surface area contributed by atoms with E-state index in [0.717, 1.165) is 0 Å². The SMILES string of the molecule is COc1nc(OC)nc(Oc2ccc(F)c(Br)c2)n1. The van der Waals surface area contributed by atoms with Crippen LogP contribution in [0.25, 0.3) is 0 Å². The molecular weight excluding hydrogens is 321 g/mol. The minimum Gasteiger partial charge on any atom is -0.467 e. The average Bonchev–Trinajstić information content (AvgIpc) is 2.42. The van der Waals surface area contributed by atoms with Crippen LogP contribution in [0.3, 0.4) is 0 Å². The molecule has 0 saturated carbocycles. The minimum absolute atomic E-state index is 0.0118. The Morgan fingerprint density at radius 3 is 2.11 bits per heavy atom. The van der Waals surface area contributed by atoms with Crippen LogP contribution in [0.1, 0.15) is 0 Å². The Morgan fingerprint density at radius 2 is 1.58 bits per heavy atom. The highest BCUT2D eigenvalue weighted by Gasteiger charge is 2.10. The molecule has 0 aliphatic carbocycles.